The van der Waals surface area contributed by atoms with Gasteiger partial charge in [-0.15, -0.1) is 0 Å². The number of carbonyl (C=O) groups is 2. The smallest absolute Gasteiger partial charge is 0.247 e. The maximum absolute atomic E-state index is 12.7. The summed E-state index contributed by atoms with van der Waals surface area (Å²) in [5.74, 6) is -0.196. The van der Waals surface area contributed by atoms with Crippen molar-refractivity contribution in [3.05, 3.63) is 58.6 Å². The molecule has 4 nitrogen and oxygen atoms in total. The Morgan fingerprint density at radius 1 is 1.17 bits per heavy atom. The molecule has 5 heteroatoms. The average Bonchev–Trinajstić information content (AvgIpc) is 2.93. The van der Waals surface area contributed by atoms with Crippen LogP contribution in [0.2, 0.25) is 5.02 Å². The highest BCUT2D eigenvalue weighted by Gasteiger charge is 2.37. The molecule has 1 unspecified atom stereocenters. The zero-order chi connectivity index (χ0) is 17.3. The molecule has 2 amide bonds. The molecule has 0 radical (unpaired) electrons. The molecule has 3 rings (SSSR count). The molecule has 1 saturated heterocycles. The van der Waals surface area contributed by atoms with Gasteiger partial charge in [0.2, 0.25) is 11.8 Å². The van der Waals surface area contributed by atoms with E-state index in [9.17, 15) is 9.59 Å². The van der Waals surface area contributed by atoms with Crippen molar-refractivity contribution in [1.29, 1.82) is 0 Å². The third-order valence-electron chi connectivity index (χ3n) is 4.27. The van der Waals surface area contributed by atoms with Crippen LogP contribution in [-0.4, -0.2) is 17.9 Å². The molecule has 24 heavy (non-hydrogen) atoms. The largest absolute Gasteiger partial charge is 0.324 e. The number of benzene rings is 2. The molecule has 1 atom stereocenters. The predicted molar refractivity (Wildman–Crippen MR) is 96.5 cm³/mol. The van der Waals surface area contributed by atoms with Crippen LogP contribution in [0.25, 0.3) is 0 Å². The zero-order valence-electron chi connectivity index (χ0n) is 13.7. The number of nitrogens with one attached hydrogen (secondary N) is 1. The lowest BCUT2D eigenvalue weighted by atomic mass is 10.1. The Labute approximate surface area is 146 Å². The van der Waals surface area contributed by atoms with Crippen LogP contribution >= 0.6 is 11.6 Å². The van der Waals surface area contributed by atoms with Crippen LogP contribution in [-0.2, 0) is 9.59 Å². The summed E-state index contributed by atoms with van der Waals surface area (Å²) in [6.07, 6.45) is 0.900. The predicted octanol–water partition coefficient (Wildman–Crippen LogP) is 4.09. The number of carbonyl (C=O) groups excluding carboxylic acids is 2. The molecule has 0 aliphatic carbocycles. The summed E-state index contributed by atoms with van der Waals surface area (Å²) in [4.78, 5) is 26.6. The summed E-state index contributed by atoms with van der Waals surface area (Å²) in [6.45, 7) is 3.88. The van der Waals surface area contributed by atoms with Gasteiger partial charge in [0.15, 0.2) is 0 Å². The van der Waals surface area contributed by atoms with E-state index in [0.717, 1.165) is 16.8 Å². The molecule has 1 heterocycles. The number of amides is 2. The zero-order valence-corrected chi connectivity index (χ0v) is 14.4. The van der Waals surface area contributed by atoms with Crippen molar-refractivity contribution >= 4 is 34.8 Å². The molecule has 2 aromatic rings. The van der Waals surface area contributed by atoms with Crippen LogP contribution < -0.4 is 10.2 Å². The topological polar surface area (TPSA) is 49.4 Å². The van der Waals surface area contributed by atoms with Crippen molar-refractivity contribution in [2.75, 3.05) is 10.2 Å². The van der Waals surface area contributed by atoms with E-state index in [0.29, 0.717) is 23.6 Å². The quantitative estimate of drug-likeness (QED) is 0.913. The van der Waals surface area contributed by atoms with Crippen molar-refractivity contribution in [2.24, 2.45) is 0 Å². The Morgan fingerprint density at radius 2 is 1.88 bits per heavy atom. The van der Waals surface area contributed by atoms with E-state index in [2.05, 4.69) is 5.32 Å². The van der Waals surface area contributed by atoms with E-state index in [1.165, 1.54) is 0 Å². The molecule has 0 aromatic heterocycles. The molecular weight excluding hydrogens is 324 g/mol. The molecular formula is C19H19ClN2O2. The number of hydrogen-bond acceptors (Lipinski definition) is 2. The summed E-state index contributed by atoms with van der Waals surface area (Å²) in [7, 11) is 0. The van der Waals surface area contributed by atoms with E-state index in [1.807, 2.05) is 38.1 Å². The Balaban J connectivity index is 1.82. The van der Waals surface area contributed by atoms with E-state index < -0.39 is 6.04 Å². The normalized spacial score (nSPS) is 17.2. The van der Waals surface area contributed by atoms with Gasteiger partial charge in [0.05, 0.1) is 0 Å². The maximum Gasteiger partial charge on any atom is 0.247 e. The van der Waals surface area contributed by atoms with Crippen LogP contribution in [0.1, 0.15) is 24.0 Å². The van der Waals surface area contributed by atoms with Crippen molar-refractivity contribution in [2.45, 2.75) is 32.7 Å². The second-order valence-corrected chi connectivity index (χ2v) is 6.54. The Bertz CT molecular complexity index is 786. The fraction of sp³-hybridized carbons (Fsp3) is 0.263. The summed E-state index contributed by atoms with van der Waals surface area (Å²) in [5, 5.41) is 3.55. The van der Waals surface area contributed by atoms with Crippen molar-refractivity contribution in [3.8, 4) is 0 Å². The van der Waals surface area contributed by atoms with Gasteiger partial charge in [0.25, 0.3) is 0 Å². The second kappa shape index (κ2) is 6.65. The number of aryl methyl sites for hydroxylation is 2. The lowest BCUT2D eigenvalue weighted by molar-refractivity contribution is -0.120. The van der Waals surface area contributed by atoms with Crippen LogP contribution in [0.5, 0.6) is 0 Å². The third-order valence-corrected chi connectivity index (χ3v) is 4.51. The molecule has 124 valence electrons. The molecule has 0 bridgehead atoms. The molecule has 1 aliphatic rings. The van der Waals surface area contributed by atoms with Crippen LogP contribution in [0, 0.1) is 13.8 Å². The number of halogens is 1. The summed E-state index contributed by atoms with van der Waals surface area (Å²) in [6, 6.07) is 12.5. The number of anilines is 2. The van der Waals surface area contributed by atoms with Crippen LogP contribution in [0.4, 0.5) is 11.4 Å². The van der Waals surface area contributed by atoms with Crippen molar-refractivity contribution in [1.82, 2.24) is 0 Å². The molecule has 0 saturated carbocycles. The fourth-order valence-corrected chi connectivity index (χ4v) is 3.17. The van der Waals surface area contributed by atoms with Crippen molar-refractivity contribution < 1.29 is 9.59 Å². The van der Waals surface area contributed by atoms with E-state index in [-0.39, 0.29) is 11.8 Å². The number of rotatable bonds is 3. The molecule has 1 N–H and O–H groups in total. The lowest BCUT2D eigenvalue weighted by Crippen LogP contribution is -2.41. The minimum absolute atomic E-state index is 0.0215. The molecule has 2 aromatic carbocycles. The van der Waals surface area contributed by atoms with Gasteiger partial charge in [-0.05, 0) is 56.2 Å². The Hall–Kier alpha value is -2.33. The van der Waals surface area contributed by atoms with Gasteiger partial charge in [0.1, 0.15) is 6.04 Å². The number of nitrogens with zero attached hydrogens (tertiary/aromatic N) is 1. The number of hydrogen-bond donors (Lipinski definition) is 1. The standard InChI is InChI=1S/C19H19ClN2O2/c1-12-3-6-15(7-4-12)22-17(9-10-18(22)23)19(24)21-16-8-5-14(20)11-13(16)2/h3-8,11,17H,9-10H2,1-2H3,(H,21,24). The SMILES string of the molecule is Cc1ccc(N2C(=O)CCC2C(=O)Nc2ccc(Cl)cc2C)cc1. The fourth-order valence-electron chi connectivity index (χ4n) is 2.94. The first kappa shape index (κ1) is 16.5. The van der Waals surface area contributed by atoms with Crippen molar-refractivity contribution in [3.63, 3.8) is 0 Å². The third kappa shape index (κ3) is 3.29. The first-order chi connectivity index (χ1) is 11.5. The first-order valence-electron chi connectivity index (χ1n) is 7.91. The van der Waals surface area contributed by atoms with Gasteiger partial charge < -0.3 is 5.32 Å². The Kier molecular flexibility index (Phi) is 4.58. The summed E-state index contributed by atoms with van der Waals surface area (Å²) >= 11 is 5.95. The molecule has 1 fully saturated rings. The summed E-state index contributed by atoms with van der Waals surface area (Å²) < 4.78 is 0. The van der Waals surface area contributed by atoms with Gasteiger partial charge >= 0.3 is 0 Å². The minimum Gasteiger partial charge on any atom is -0.324 e. The van der Waals surface area contributed by atoms with E-state index in [1.54, 1.807) is 23.1 Å². The van der Waals surface area contributed by atoms with Crippen LogP contribution in [0.3, 0.4) is 0 Å². The van der Waals surface area contributed by atoms with Gasteiger partial charge in [-0.1, -0.05) is 29.3 Å². The van der Waals surface area contributed by atoms with E-state index in [4.69, 9.17) is 11.6 Å². The first-order valence-corrected chi connectivity index (χ1v) is 8.29. The molecule has 1 aliphatic heterocycles. The molecule has 0 spiro atoms. The van der Waals surface area contributed by atoms with Gasteiger partial charge in [0, 0.05) is 22.8 Å². The van der Waals surface area contributed by atoms with Crippen LogP contribution in [0.15, 0.2) is 42.5 Å². The summed E-state index contributed by atoms with van der Waals surface area (Å²) in [5.41, 5.74) is 3.48. The highest BCUT2D eigenvalue weighted by Crippen LogP contribution is 2.28. The average molecular weight is 343 g/mol. The lowest BCUT2D eigenvalue weighted by Gasteiger charge is -2.24. The van der Waals surface area contributed by atoms with Gasteiger partial charge in [-0.3, -0.25) is 14.5 Å². The maximum atomic E-state index is 12.7. The highest BCUT2D eigenvalue weighted by atomic mass is 35.5. The second-order valence-electron chi connectivity index (χ2n) is 6.10. The minimum atomic E-state index is -0.490. The van der Waals surface area contributed by atoms with Gasteiger partial charge in [-0.25, -0.2) is 0 Å². The monoisotopic (exact) mass is 342 g/mol. The highest BCUT2D eigenvalue weighted by molar-refractivity contribution is 6.30. The van der Waals surface area contributed by atoms with Gasteiger partial charge in [-0.2, -0.15) is 0 Å². The van der Waals surface area contributed by atoms with E-state index >= 15 is 0 Å². The Morgan fingerprint density at radius 3 is 2.54 bits per heavy atom.